The molecule has 235 valence electrons. The van der Waals surface area contributed by atoms with E-state index < -0.39 is 15.6 Å². The summed E-state index contributed by atoms with van der Waals surface area (Å²) in [7, 11) is -4.56. The number of nitriles is 2. The van der Waals surface area contributed by atoms with E-state index in [0.29, 0.717) is 12.2 Å². The summed E-state index contributed by atoms with van der Waals surface area (Å²) in [6.07, 6.45) is 3.56. The standard InChI is InChI=1S/C34H31N4O7S/c1-37-30(24-35)28-23-33(44-19-20-45-34(46(39,40)41)21-27-14-7-4-8-15-27)29(31(25-36)38-2)22-32(28)43-18-17-42-16-10-9-13-26-11-5-3-6-12-26/h3-9,11-12,14-15,22-23,34H,10,13,16-21H2,(H,39,40,41)/b30-28-,31-29+. The molecule has 3 aromatic rings. The van der Waals surface area contributed by atoms with Crippen LogP contribution in [0.2, 0.25) is 0 Å². The fourth-order valence-corrected chi connectivity index (χ4v) is 4.88. The molecule has 1 radical (unpaired) electrons. The largest absolute Gasteiger partial charge is 0.492 e. The first-order chi connectivity index (χ1) is 22.3. The van der Waals surface area contributed by atoms with Crippen molar-refractivity contribution in [1.29, 1.82) is 10.5 Å². The van der Waals surface area contributed by atoms with E-state index in [1.165, 1.54) is 17.7 Å². The number of rotatable bonds is 17. The Bertz CT molecular complexity index is 1820. The van der Waals surface area contributed by atoms with Crippen molar-refractivity contribution < 1.29 is 31.9 Å². The van der Waals surface area contributed by atoms with Crippen LogP contribution < -0.4 is 19.9 Å². The Morgan fingerprint density at radius 2 is 1.33 bits per heavy atom. The second-order valence-electron chi connectivity index (χ2n) is 9.57. The van der Waals surface area contributed by atoms with E-state index in [1.54, 1.807) is 36.4 Å². The van der Waals surface area contributed by atoms with Crippen LogP contribution in [-0.2, 0) is 32.4 Å². The van der Waals surface area contributed by atoms with Crippen molar-refractivity contribution in [2.24, 2.45) is 0 Å². The van der Waals surface area contributed by atoms with Crippen molar-refractivity contribution in [3.05, 3.63) is 124 Å². The molecule has 0 fully saturated rings. The zero-order chi connectivity index (χ0) is 33.2. The van der Waals surface area contributed by atoms with Gasteiger partial charge in [0.25, 0.3) is 21.5 Å². The third-order valence-electron chi connectivity index (χ3n) is 6.42. The molecular weight excluding hydrogens is 608 g/mol. The van der Waals surface area contributed by atoms with Crippen LogP contribution in [0.15, 0.2) is 72.8 Å². The molecule has 0 aliphatic heterocycles. The fourth-order valence-electron chi connectivity index (χ4n) is 4.21. The molecule has 1 atom stereocenters. The molecule has 0 saturated heterocycles. The minimum absolute atomic E-state index is 0.0217. The lowest BCUT2D eigenvalue weighted by Crippen LogP contribution is -2.29. The molecule has 1 unspecified atom stereocenters. The maximum absolute atomic E-state index is 11.9. The van der Waals surface area contributed by atoms with E-state index in [-0.39, 0.29) is 66.2 Å². The van der Waals surface area contributed by atoms with Crippen LogP contribution in [0.1, 0.15) is 17.5 Å². The van der Waals surface area contributed by atoms with Gasteiger partial charge in [0.15, 0.2) is 5.44 Å². The summed E-state index contributed by atoms with van der Waals surface area (Å²) in [5, 5.41) is 19.3. The van der Waals surface area contributed by atoms with Gasteiger partial charge in [-0.2, -0.15) is 8.42 Å². The summed E-state index contributed by atoms with van der Waals surface area (Å²) in [5.74, 6) is 0.0580. The first-order valence-electron chi connectivity index (χ1n) is 14.1. The van der Waals surface area contributed by atoms with Crippen molar-refractivity contribution in [3.63, 3.8) is 0 Å². The molecule has 0 aliphatic rings. The molecule has 0 bridgehead atoms. The minimum atomic E-state index is -4.56. The molecule has 12 heteroatoms. The van der Waals surface area contributed by atoms with Gasteiger partial charge in [-0.05, 0) is 42.5 Å². The number of unbranched alkanes of at least 4 members (excludes halogenated alkanes) is 1. The lowest BCUT2D eigenvalue weighted by atomic mass is 10.1. The third-order valence-corrected chi connectivity index (χ3v) is 7.39. The Hall–Kier alpha value is -5.21. The summed E-state index contributed by atoms with van der Waals surface area (Å²) in [6.45, 7) is 15.1. The number of nitrogens with zero attached hydrogens (tertiary/aromatic N) is 4. The monoisotopic (exact) mass is 639 g/mol. The molecule has 0 spiro atoms. The van der Waals surface area contributed by atoms with Gasteiger partial charge in [0.05, 0.1) is 38.5 Å². The number of hydrogen-bond acceptors (Lipinski definition) is 8. The normalized spacial score (nSPS) is 12.8. The zero-order valence-electron chi connectivity index (χ0n) is 24.8. The van der Waals surface area contributed by atoms with Crippen LogP contribution in [-0.4, -0.2) is 51.4 Å². The Balaban J connectivity index is 1.71. The van der Waals surface area contributed by atoms with Gasteiger partial charge in [-0.25, -0.2) is 20.2 Å². The predicted octanol–water partition coefficient (Wildman–Crippen LogP) is 3.87. The SMILES string of the molecule is [C-]#[N+]/C(C#N)=c1/cc(OCCOC(Cc2ccccc2)S(=O)(=O)O)/c(=C(\C#N)[N+]#[C-])cc1OCCOCC[CH]Cc1ccccc1. The molecule has 0 aliphatic carbocycles. The molecule has 11 nitrogen and oxygen atoms in total. The minimum Gasteiger partial charge on any atom is -0.492 e. The van der Waals surface area contributed by atoms with Crippen molar-refractivity contribution >= 4 is 21.5 Å². The van der Waals surface area contributed by atoms with Gasteiger partial charge in [0.2, 0.25) is 0 Å². The highest BCUT2D eigenvalue weighted by Crippen LogP contribution is 2.14. The van der Waals surface area contributed by atoms with E-state index in [9.17, 15) is 23.5 Å². The van der Waals surface area contributed by atoms with Gasteiger partial charge in [-0.1, -0.05) is 60.7 Å². The fraction of sp³-hybridized carbons (Fsp3) is 0.265. The molecule has 3 rings (SSSR count). The van der Waals surface area contributed by atoms with Gasteiger partial charge >= 0.3 is 0 Å². The number of hydrogen-bond donors (Lipinski definition) is 1. The van der Waals surface area contributed by atoms with E-state index in [4.69, 9.17) is 32.1 Å². The summed E-state index contributed by atoms with van der Waals surface area (Å²) in [6, 6.07) is 24.9. The lowest BCUT2D eigenvalue weighted by Gasteiger charge is -2.16. The Labute approximate surface area is 268 Å². The van der Waals surface area contributed by atoms with Gasteiger partial charge in [-0.3, -0.25) is 4.55 Å². The molecule has 0 aromatic heterocycles. The molecule has 0 amide bonds. The summed E-state index contributed by atoms with van der Waals surface area (Å²) in [5.41, 5.74) is -0.368. The Morgan fingerprint density at radius 3 is 1.83 bits per heavy atom. The Morgan fingerprint density at radius 1 is 0.804 bits per heavy atom. The topological polar surface area (TPSA) is 148 Å². The van der Waals surface area contributed by atoms with Crippen LogP contribution >= 0.6 is 0 Å². The van der Waals surface area contributed by atoms with E-state index in [1.807, 2.05) is 36.4 Å². The van der Waals surface area contributed by atoms with Crippen molar-refractivity contribution in [2.75, 3.05) is 33.0 Å². The van der Waals surface area contributed by atoms with Crippen molar-refractivity contribution in [1.82, 2.24) is 0 Å². The smallest absolute Gasteiger partial charge is 0.292 e. The van der Waals surface area contributed by atoms with Crippen LogP contribution in [0, 0.1) is 42.2 Å². The van der Waals surface area contributed by atoms with Gasteiger partial charge in [0, 0.05) is 23.5 Å². The maximum atomic E-state index is 11.9. The van der Waals surface area contributed by atoms with Gasteiger partial charge < -0.3 is 18.9 Å². The van der Waals surface area contributed by atoms with Crippen molar-refractivity contribution in [2.45, 2.75) is 24.7 Å². The molecule has 46 heavy (non-hydrogen) atoms. The van der Waals surface area contributed by atoms with E-state index in [2.05, 4.69) is 16.1 Å². The number of ether oxygens (including phenoxy) is 4. The average molecular weight is 640 g/mol. The first-order valence-corrected chi connectivity index (χ1v) is 15.6. The van der Waals surface area contributed by atoms with Crippen LogP contribution in [0.25, 0.3) is 21.1 Å². The quantitative estimate of drug-likeness (QED) is 0.132. The molecular formula is C34H31N4O7S. The highest BCUT2D eigenvalue weighted by Gasteiger charge is 2.24. The van der Waals surface area contributed by atoms with Gasteiger partial charge in [0.1, 0.15) is 24.7 Å². The maximum Gasteiger partial charge on any atom is 0.292 e. The second kappa shape index (κ2) is 18.6. The average Bonchev–Trinajstić information content (AvgIpc) is 3.06. The molecule has 3 aromatic carbocycles. The number of benzene rings is 3. The highest BCUT2D eigenvalue weighted by atomic mass is 32.2. The molecule has 0 saturated carbocycles. The summed E-state index contributed by atoms with van der Waals surface area (Å²) < 4.78 is 56.1. The van der Waals surface area contributed by atoms with Crippen LogP contribution in [0.5, 0.6) is 11.5 Å². The first kappa shape index (κ1) is 35.3. The highest BCUT2D eigenvalue weighted by molar-refractivity contribution is 7.86. The van der Waals surface area contributed by atoms with Gasteiger partial charge in [-0.15, -0.1) is 0 Å². The summed E-state index contributed by atoms with van der Waals surface area (Å²) in [4.78, 5) is 6.52. The van der Waals surface area contributed by atoms with Crippen LogP contribution in [0.3, 0.4) is 0 Å². The third kappa shape index (κ3) is 11.1. The van der Waals surface area contributed by atoms with Crippen molar-refractivity contribution in [3.8, 4) is 23.6 Å². The predicted molar refractivity (Wildman–Crippen MR) is 169 cm³/mol. The van der Waals surface area contributed by atoms with Crippen LogP contribution in [0.4, 0.5) is 0 Å². The Kier molecular flexibility index (Phi) is 14.2. The molecule has 0 heterocycles. The molecule has 1 N–H and O–H groups in total. The van der Waals surface area contributed by atoms with E-state index in [0.717, 1.165) is 12.8 Å². The lowest BCUT2D eigenvalue weighted by molar-refractivity contribution is 0.0724. The second-order valence-corrected chi connectivity index (χ2v) is 11.1. The zero-order valence-corrected chi connectivity index (χ0v) is 25.7. The summed E-state index contributed by atoms with van der Waals surface area (Å²) >= 11 is 0. The van der Waals surface area contributed by atoms with E-state index >= 15 is 0 Å².